The summed E-state index contributed by atoms with van der Waals surface area (Å²) < 4.78 is 5.71. The lowest BCUT2D eigenvalue weighted by atomic mass is 10.0. The molecule has 2 rings (SSSR count). The quantitative estimate of drug-likeness (QED) is 0.826. The summed E-state index contributed by atoms with van der Waals surface area (Å²) in [4.78, 5) is 0. The maximum absolute atomic E-state index is 8.83. The van der Waals surface area contributed by atoms with E-state index < -0.39 is 0 Å². The second-order valence-corrected chi connectivity index (χ2v) is 5.21. The number of benzene rings is 1. The number of hydrogen-bond acceptors (Lipinski definition) is 3. The number of aryl methyl sites for hydroxylation is 1. The van der Waals surface area contributed by atoms with E-state index in [-0.39, 0.29) is 0 Å². The standard InChI is InChI=1S/C16H22N2O/c1-13-10-14(11-17)5-6-15(13)12-18-8-7-16-4-2-3-9-19-16/h5-6,10,16,18H,2-4,7-9,12H2,1H3. The first-order valence-electron chi connectivity index (χ1n) is 7.11. The normalized spacial score (nSPS) is 19.1. The lowest BCUT2D eigenvalue weighted by Gasteiger charge is -2.22. The van der Waals surface area contributed by atoms with Gasteiger partial charge in [0.15, 0.2) is 0 Å². The van der Waals surface area contributed by atoms with E-state index >= 15 is 0 Å². The SMILES string of the molecule is Cc1cc(C#N)ccc1CNCCC1CCCCO1. The van der Waals surface area contributed by atoms with Crippen molar-refractivity contribution in [2.24, 2.45) is 0 Å². The summed E-state index contributed by atoms with van der Waals surface area (Å²) in [6, 6.07) is 8.04. The summed E-state index contributed by atoms with van der Waals surface area (Å²) in [5.74, 6) is 0. The minimum absolute atomic E-state index is 0.448. The fraction of sp³-hybridized carbons (Fsp3) is 0.562. The molecule has 1 unspecified atom stereocenters. The van der Waals surface area contributed by atoms with Gasteiger partial charge in [-0.05, 0) is 62.4 Å². The van der Waals surface area contributed by atoms with Crippen LogP contribution in [0, 0.1) is 18.3 Å². The van der Waals surface area contributed by atoms with Gasteiger partial charge < -0.3 is 10.1 Å². The van der Waals surface area contributed by atoms with Crippen molar-refractivity contribution in [2.45, 2.75) is 45.3 Å². The zero-order valence-corrected chi connectivity index (χ0v) is 11.6. The second kappa shape index (κ2) is 7.28. The lowest BCUT2D eigenvalue weighted by molar-refractivity contribution is 0.0115. The highest BCUT2D eigenvalue weighted by Gasteiger charge is 2.12. The fourth-order valence-corrected chi connectivity index (χ4v) is 2.48. The van der Waals surface area contributed by atoms with Crippen molar-refractivity contribution in [1.29, 1.82) is 5.26 Å². The Morgan fingerprint density at radius 1 is 1.42 bits per heavy atom. The van der Waals surface area contributed by atoms with E-state index in [9.17, 15) is 0 Å². The van der Waals surface area contributed by atoms with Crippen LogP contribution in [-0.2, 0) is 11.3 Å². The average Bonchev–Trinajstić information content (AvgIpc) is 2.46. The molecule has 0 radical (unpaired) electrons. The molecule has 0 spiro atoms. The van der Waals surface area contributed by atoms with Crippen molar-refractivity contribution < 1.29 is 4.74 Å². The molecule has 0 aliphatic carbocycles. The molecular weight excluding hydrogens is 236 g/mol. The molecule has 1 heterocycles. The molecule has 1 aliphatic heterocycles. The van der Waals surface area contributed by atoms with Crippen molar-refractivity contribution in [1.82, 2.24) is 5.32 Å². The summed E-state index contributed by atoms with van der Waals surface area (Å²) in [5.41, 5.74) is 3.18. The molecule has 1 fully saturated rings. The molecule has 3 heteroatoms. The van der Waals surface area contributed by atoms with Crippen LogP contribution >= 0.6 is 0 Å². The van der Waals surface area contributed by atoms with Crippen molar-refractivity contribution in [2.75, 3.05) is 13.2 Å². The largest absolute Gasteiger partial charge is 0.378 e. The number of hydrogen-bond donors (Lipinski definition) is 1. The molecule has 1 aromatic carbocycles. The minimum atomic E-state index is 0.448. The molecule has 0 bridgehead atoms. The Morgan fingerprint density at radius 2 is 2.32 bits per heavy atom. The summed E-state index contributed by atoms with van der Waals surface area (Å²) in [5, 5.41) is 12.3. The Balaban J connectivity index is 1.72. The monoisotopic (exact) mass is 258 g/mol. The molecule has 19 heavy (non-hydrogen) atoms. The Hall–Kier alpha value is -1.37. The van der Waals surface area contributed by atoms with Gasteiger partial charge in [-0.1, -0.05) is 6.07 Å². The predicted octanol–water partition coefficient (Wildman–Crippen LogP) is 2.92. The van der Waals surface area contributed by atoms with Crippen molar-refractivity contribution in [3.63, 3.8) is 0 Å². The molecule has 102 valence electrons. The highest BCUT2D eigenvalue weighted by Crippen LogP contribution is 2.15. The number of nitrogens with zero attached hydrogens (tertiary/aromatic N) is 1. The van der Waals surface area contributed by atoms with E-state index in [1.54, 1.807) is 0 Å². The molecular formula is C16H22N2O. The number of nitriles is 1. The Labute approximate surface area is 115 Å². The van der Waals surface area contributed by atoms with Gasteiger partial charge in [0.1, 0.15) is 0 Å². The van der Waals surface area contributed by atoms with Crippen LogP contribution in [0.5, 0.6) is 0 Å². The fourth-order valence-electron chi connectivity index (χ4n) is 2.48. The van der Waals surface area contributed by atoms with Gasteiger partial charge >= 0.3 is 0 Å². The second-order valence-electron chi connectivity index (χ2n) is 5.21. The zero-order valence-electron chi connectivity index (χ0n) is 11.6. The van der Waals surface area contributed by atoms with Gasteiger partial charge in [0, 0.05) is 13.2 Å². The smallest absolute Gasteiger partial charge is 0.0991 e. The van der Waals surface area contributed by atoms with Crippen molar-refractivity contribution >= 4 is 0 Å². The predicted molar refractivity (Wildman–Crippen MR) is 75.8 cm³/mol. The summed E-state index contributed by atoms with van der Waals surface area (Å²) in [7, 11) is 0. The van der Waals surface area contributed by atoms with Gasteiger partial charge in [0.25, 0.3) is 0 Å². The van der Waals surface area contributed by atoms with Crippen LogP contribution in [0.4, 0.5) is 0 Å². The van der Waals surface area contributed by atoms with E-state index in [0.717, 1.165) is 31.7 Å². The van der Waals surface area contributed by atoms with Gasteiger partial charge in [-0.2, -0.15) is 5.26 Å². The van der Waals surface area contributed by atoms with E-state index in [1.165, 1.54) is 30.4 Å². The summed E-state index contributed by atoms with van der Waals surface area (Å²) >= 11 is 0. The van der Waals surface area contributed by atoms with Crippen molar-refractivity contribution in [3.05, 3.63) is 34.9 Å². The molecule has 0 saturated carbocycles. The first kappa shape index (κ1) is 14.0. The third kappa shape index (κ3) is 4.34. The van der Waals surface area contributed by atoms with Gasteiger partial charge in [-0.3, -0.25) is 0 Å². The maximum Gasteiger partial charge on any atom is 0.0991 e. The molecule has 3 nitrogen and oxygen atoms in total. The maximum atomic E-state index is 8.83. The molecule has 0 amide bonds. The average molecular weight is 258 g/mol. The molecule has 1 N–H and O–H groups in total. The third-order valence-electron chi connectivity index (χ3n) is 3.70. The van der Waals surface area contributed by atoms with Gasteiger partial charge in [-0.25, -0.2) is 0 Å². The Bertz CT molecular complexity index is 445. The molecule has 1 saturated heterocycles. The third-order valence-corrected chi connectivity index (χ3v) is 3.70. The highest BCUT2D eigenvalue weighted by molar-refractivity contribution is 5.37. The number of nitrogens with one attached hydrogen (secondary N) is 1. The van der Waals surface area contributed by atoms with Gasteiger partial charge in [0.2, 0.25) is 0 Å². The van der Waals surface area contributed by atoms with Crippen LogP contribution in [0.3, 0.4) is 0 Å². The first-order chi connectivity index (χ1) is 9.29. The number of ether oxygens (including phenoxy) is 1. The molecule has 1 atom stereocenters. The first-order valence-corrected chi connectivity index (χ1v) is 7.11. The summed E-state index contributed by atoms with van der Waals surface area (Å²) in [6.07, 6.45) is 5.27. The van der Waals surface area contributed by atoms with Crippen LogP contribution in [0.15, 0.2) is 18.2 Å². The zero-order chi connectivity index (χ0) is 13.5. The molecule has 0 aromatic heterocycles. The molecule has 1 aliphatic rings. The Kier molecular flexibility index (Phi) is 5.38. The minimum Gasteiger partial charge on any atom is -0.378 e. The van der Waals surface area contributed by atoms with E-state index in [0.29, 0.717) is 6.10 Å². The Morgan fingerprint density at radius 3 is 3.00 bits per heavy atom. The lowest BCUT2D eigenvalue weighted by Crippen LogP contribution is -2.25. The van der Waals surface area contributed by atoms with Gasteiger partial charge in [-0.15, -0.1) is 0 Å². The molecule has 1 aromatic rings. The van der Waals surface area contributed by atoms with E-state index in [4.69, 9.17) is 10.00 Å². The number of rotatable bonds is 5. The van der Waals surface area contributed by atoms with E-state index in [2.05, 4.69) is 18.3 Å². The van der Waals surface area contributed by atoms with Crippen molar-refractivity contribution in [3.8, 4) is 6.07 Å². The highest BCUT2D eigenvalue weighted by atomic mass is 16.5. The van der Waals surface area contributed by atoms with E-state index in [1.807, 2.05) is 18.2 Å². The van der Waals surface area contributed by atoms with Crippen LogP contribution in [-0.4, -0.2) is 19.3 Å². The van der Waals surface area contributed by atoms with Crippen LogP contribution in [0.1, 0.15) is 42.4 Å². The van der Waals surface area contributed by atoms with Crippen LogP contribution in [0.25, 0.3) is 0 Å². The van der Waals surface area contributed by atoms with Gasteiger partial charge in [0.05, 0.1) is 17.7 Å². The van der Waals surface area contributed by atoms with Crippen LogP contribution in [0.2, 0.25) is 0 Å². The summed E-state index contributed by atoms with van der Waals surface area (Å²) in [6.45, 7) is 4.84. The van der Waals surface area contributed by atoms with Crippen LogP contribution < -0.4 is 5.32 Å². The topological polar surface area (TPSA) is 45.0 Å².